The second kappa shape index (κ2) is 2.31. The molecule has 46 valence electrons. The Hall–Kier alpha value is -0.300. The Kier molecular flexibility index (Phi) is 1.69. The molecule has 0 radical (unpaired) electrons. The summed E-state index contributed by atoms with van der Waals surface area (Å²) in [7, 11) is 0. The van der Waals surface area contributed by atoms with Crippen LogP contribution in [0.3, 0.4) is 0 Å². The number of hydrogen-bond donors (Lipinski definition) is 1. The van der Waals surface area contributed by atoms with Crippen LogP contribution in [0, 0.1) is 5.92 Å². The van der Waals surface area contributed by atoms with E-state index < -0.39 is 0 Å². The summed E-state index contributed by atoms with van der Waals surface area (Å²) in [5, 5.41) is 8.94. The monoisotopic (exact) mass is 112 g/mol. The van der Waals surface area contributed by atoms with E-state index >= 15 is 0 Å². The van der Waals surface area contributed by atoms with Crippen LogP contribution in [-0.4, -0.2) is 11.2 Å². The first-order chi connectivity index (χ1) is 3.83. The standard InChI is InChI=1S/C7H12O/c1-2-6-3-4-7(8)5-6/h3-4,6-8H,2,5H2,1H3/t6-,7?/m0/s1. The second-order valence-corrected chi connectivity index (χ2v) is 2.36. The fourth-order valence-corrected chi connectivity index (χ4v) is 1.06. The molecular weight excluding hydrogens is 100 g/mol. The van der Waals surface area contributed by atoms with Crippen LogP contribution >= 0.6 is 0 Å². The number of hydrogen-bond acceptors (Lipinski definition) is 1. The van der Waals surface area contributed by atoms with Crippen LogP contribution in [0.15, 0.2) is 12.2 Å². The summed E-state index contributed by atoms with van der Waals surface area (Å²) in [5.41, 5.74) is 0. The molecule has 0 saturated heterocycles. The van der Waals surface area contributed by atoms with Crippen LogP contribution < -0.4 is 0 Å². The molecule has 1 heteroatoms. The molecule has 0 saturated carbocycles. The molecule has 0 amide bonds. The highest BCUT2D eigenvalue weighted by molar-refractivity contribution is 5.01. The van der Waals surface area contributed by atoms with Crippen LogP contribution in [0.25, 0.3) is 0 Å². The Morgan fingerprint density at radius 1 is 1.62 bits per heavy atom. The molecule has 0 heterocycles. The van der Waals surface area contributed by atoms with Gasteiger partial charge in [-0.25, -0.2) is 0 Å². The number of aliphatic hydroxyl groups excluding tert-OH is 1. The van der Waals surface area contributed by atoms with E-state index in [1.165, 1.54) is 0 Å². The molecule has 1 N–H and O–H groups in total. The van der Waals surface area contributed by atoms with Crippen LogP contribution in [0.4, 0.5) is 0 Å². The van der Waals surface area contributed by atoms with Crippen molar-refractivity contribution in [1.82, 2.24) is 0 Å². The maximum Gasteiger partial charge on any atom is 0.0726 e. The summed E-state index contributed by atoms with van der Waals surface area (Å²) in [6.07, 6.45) is 5.93. The quantitative estimate of drug-likeness (QED) is 0.507. The molecule has 1 aliphatic rings. The minimum absolute atomic E-state index is 0.153. The number of allylic oxidation sites excluding steroid dienone is 1. The molecule has 0 spiro atoms. The molecule has 0 bridgehead atoms. The van der Waals surface area contributed by atoms with Gasteiger partial charge in [0.15, 0.2) is 0 Å². The zero-order valence-corrected chi connectivity index (χ0v) is 5.17. The molecule has 0 aromatic carbocycles. The van der Waals surface area contributed by atoms with Crippen molar-refractivity contribution in [3.63, 3.8) is 0 Å². The fraction of sp³-hybridized carbons (Fsp3) is 0.714. The van der Waals surface area contributed by atoms with E-state index in [1.54, 1.807) is 0 Å². The molecule has 0 aliphatic heterocycles. The summed E-state index contributed by atoms with van der Waals surface area (Å²) in [6.45, 7) is 2.15. The van der Waals surface area contributed by atoms with E-state index in [2.05, 4.69) is 13.0 Å². The van der Waals surface area contributed by atoms with E-state index in [1.807, 2.05) is 6.08 Å². The predicted molar refractivity (Wildman–Crippen MR) is 33.5 cm³/mol. The summed E-state index contributed by atoms with van der Waals surface area (Å²) in [4.78, 5) is 0. The van der Waals surface area contributed by atoms with E-state index in [0.29, 0.717) is 5.92 Å². The Labute approximate surface area is 50.0 Å². The highest BCUT2D eigenvalue weighted by atomic mass is 16.3. The van der Waals surface area contributed by atoms with E-state index in [4.69, 9.17) is 5.11 Å². The van der Waals surface area contributed by atoms with Gasteiger partial charge in [0.2, 0.25) is 0 Å². The Bertz CT molecular complexity index is 96.6. The van der Waals surface area contributed by atoms with Crippen molar-refractivity contribution in [3.8, 4) is 0 Å². The molecule has 0 aromatic rings. The summed E-state index contributed by atoms with van der Waals surface area (Å²) >= 11 is 0. The third-order valence-corrected chi connectivity index (χ3v) is 1.67. The number of aliphatic hydroxyl groups is 1. The van der Waals surface area contributed by atoms with Crippen molar-refractivity contribution < 1.29 is 5.11 Å². The molecule has 0 aromatic heterocycles. The summed E-state index contributed by atoms with van der Waals surface area (Å²) < 4.78 is 0. The van der Waals surface area contributed by atoms with Crippen molar-refractivity contribution in [2.75, 3.05) is 0 Å². The lowest BCUT2D eigenvalue weighted by atomic mass is 10.1. The van der Waals surface area contributed by atoms with Gasteiger partial charge < -0.3 is 5.11 Å². The molecule has 1 rings (SSSR count). The lowest BCUT2D eigenvalue weighted by Gasteiger charge is -2.01. The summed E-state index contributed by atoms with van der Waals surface area (Å²) in [6, 6.07) is 0. The normalized spacial score (nSPS) is 36.2. The van der Waals surface area contributed by atoms with Gasteiger partial charge in [-0.2, -0.15) is 0 Å². The molecule has 2 atom stereocenters. The minimum atomic E-state index is -0.153. The van der Waals surface area contributed by atoms with Gasteiger partial charge in [-0.05, 0) is 18.8 Å². The first kappa shape index (κ1) is 5.83. The van der Waals surface area contributed by atoms with Gasteiger partial charge in [-0.3, -0.25) is 0 Å². The summed E-state index contributed by atoms with van der Waals surface area (Å²) in [5.74, 6) is 0.644. The van der Waals surface area contributed by atoms with Crippen molar-refractivity contribution >= 4 is 0 Å². The van der Waals surface area contributed by atoms with Gasteiger partial charge in [0.1, 0.15) is 0 Å². The van der Waals surface area contributed by atoms with Crippen LogP contribution in [0.2, 0.25) is 0 Å². The SMILES string of the molecule is CC[C@H]1C=CC(O)C1. The zero-order chi connectivity index (χ0) is 5.98. The van der Waals surface area contributed by atoms with E-state index in [9.17, 15) is 0 Å². The van der Waals surface area contributed by atoms with Crippen molar-refractivity contribution in [3.05, 3.63) is 12.2 Å². The molecule has 0 fully saturated rings. The van der Waals surface area contributed by atoms with Crippen LogP contribution in [-0.2, 0) is 0 Å². The van der Waals surface area contributed by atoms with E-state index in [0.717, 1.165) is 12.8 Å². The van der Waals surface area contributed by atoms with Gasteiger partial charge in [-0.1, -0.05) is 19.1 Å². The largest absolute Gasteiger partial charge is 0.389 e. The third kappa shape index (κ3) is 1.10. The third-order valence-electron chi connectivity index (χ3n) is 1.67. The van der Waals surface area contributed by atoms with Crippen LogP contribution in [0.1, 0.15) is 19.8 Å². The van der Waals surface area contributed by atoms with Gasteiger partial charge >= 0.3 is 0 Å². The first-order valence-corrected chi connectivity index (χ1v) is 3.19. The molecular formula is C7H12O. The van der Waals surface area contributed by atoms with Crippen molar-refractivity contribution in [2.45, 2.75) is 25.9 Å². The Morgan fingerprint density at radius 2 is 2.38 bits per heavy atom. The van der Waals surface area contributed by atoms with E-state index in [-0.39, 0.29) is 6.10 Å². The Morgan fingerprint density at radius 3 is 2.62 bits per heavy atom. The average molecular weight is 112 g/mol. The van der Waals surface area contributed by atoms with Crippen LogP contribution in [0.5, 0.6) is 0 Å². The average Bonchev–Trinajstić information content (AvgIpc) is 2.14. The highest BCUT2D eigenvalue weighted by Gasteiger charge is 2.13. The smallest absolute Gasteiger partial charge is 0.0726 e. The highest BCUT2D eigenvalue weighted by Crippen LogP contribution is 2.19. The second-order valence-electron chi connectivity index (χ2n) is 2.36. The maximum absolute atomic E-state index is 8.94. The number of rotatable bonds is 1. The van der Waals surface area contributed by atoms with Gasteiger partial charge in [-0.15, -0.1) is 0 Å². The topological polar surface area (TPSA) is 20.2 Å². The molecule has 1 unspecified atom stereocenters. The van der Waals surface area contributed by atoms with Gasteiger partial charge in [0.25, 0.3) is 0 Å². The molecule has 8 heavy (non-hydrogen) atoms. The van der Waals surface area contributed by atoms with Gasteiger partial charge in [0.05, 0.1) is 6.10 Å². The van der Waals surface area contributed by atoms with Gasteiger partial charge in [0, 0.05) is 0 Å². The Balaban J connectivity index is 2.34. The molecule has 1 aliphatic carbocycles. The van der Waals surface area contributed by atoms with Crippen molar-refractivity contribution in [1.29, 1.82) is 0 Å². The first-order valence-electron chi connectivity index (χ1n) is 3.19. The maximum atomic E-state index is 8.94. The molecule has 1 nitrogen and oxygen atoms in total. The minimum Gasteiger partial charge on any atom is -0.389 e. The zero-order valence-electron chi connectivity index (χ0n) is 5.17. The fourth-order valence-electron chi connectivity index (χ4n) is 1.06. The lowest BCUT2D eigenvalue weighted by Crippen LogP contribution is -1.99. The predicted octanol–water partition coefficient (Wildman–Crippen LogP) is 1.33. The lowest BCUT2D eigenvalue weighted by molar-refractivity contribution is 0.209. The van der Waals surface area contributed by atoms with Crippen molar-refractivity contribution in [2.24, 2.45) is 5.92 Å².